The molecule has 0 saturated carbocycles. The average Bonchev–Trinajstić information content (AvgIpc) is 2.70. The molecule has 3 aromatic rings. The number of carbonyl (C=O) groups excluding carboxylic acids is 1. The highest BCUT2D eigenvalue weighted by molar-refractivity contribution is 8.14. The van der Waals surface area contributed by atoms with Crippen molar-refractivity contribution in [1.29, 1.82) is 0 Å². The van der Waals surface area contributed by atoms with Crippen molar-refractivity contribution in [3.8, 4) is 0 Å². The number of amides is 1. The third-order valence-corrected chi connectivity index (χ3v) is 5.42. The van der Waals surface area contributed by atoms with E-state index in [1.165, 1.54) is 0 Å². The van der Waals surface area contributed by atoms with Crippen LogP contribution in [0, 0.1) is 0 Å². The Bertz CT molecular complexity index is 911. The van der Waals surface area contributed by atoms with Crippen molar-refractivity contribution in [2.45, 2.75) is 11.7 Å². The van der Waals surface area contributed by atoms with Crippen molar-refractivity contribution in [3.05, 3.63) is 96.6 Å². The monoisotopic (exact) mass is 358 g/mol. The van der Waals surface area contributed by atoms with E-state index in [1.54, 1.807) is 16.7 Å². The third kappa shape index (κ3) is 3.55. The van der Waals surface area contributed by atoms with Crippen LogP contribution in [-0.2, 0) is 4.79 Å². The highest BCUT2D eigenvalue weighted by Crippen LogP contribution is 2.41. The summed E-state index contributed by atoms with van der Waals surface area (Å²) >= 11 is 1.64. The maximum absolute atomic E-state index is 13.0. The molecule has 1 aliphatic rings. The molecule has 1 atom stereocenters. The van der Waals surface area contributed by atoms with Crippen LogP contribution < -0.4 is 4.90 Å². The summed E-state index contributed by atoms with van der Waals surface area (Å²) in [6, 6.07) is 29.7. The van der Waals surface area contributed by atoms with Crippen LogP contribution in [0.2, 0.25) is 0 Å². The van der Waals surface area contributed by atoms with Crippen molar-refractivity contribution in [2.75, 3.05) is 4.90 Å². The minimum atomic E-state index is 0.0680. The minimum absolute atomic E-state index is 0.0680. The molecular formula is C22H18N2OS. The van der Waals surface area contributed by atoms with Crippen LogP contribution in [0.3, 0.4) is 0 Å². The van der Waals surface area contributed by atoms with Gasteiger partial charge in [-0.3, -0.25) is 9.69 Å². The lowest BCUT2D eigenvalue weighted by Gasteiger charge is -2.32. The normalized spacial score (nSPS) is 18.9. The second kappa shape index (κ2) is 7.58. The van der Waals surface area contributed by atoms with Gasteiger partial charge in [0.1, 0.15) is 0 Å². The number of rotatable bonds is 3. The minimum Gasteiger partial charge on any atom is -0.274 e. The van der Waals surface area contributed by atoms with Gasteiger partial charge in [0.05, 0.1) is 11.4 Å². The molecule has 26 heavy (non-hydrogen) atoms. The lowest BCUT2D eigenvalue weighted by atomic mass is 10.1. The van der Waals surface area contributed by atoms with E-state index in [2.05, 4.69) is 12.1 Å². The fourth-order valence-electron chi connectivity index (χ4n) is 2.95. The van der Waals surface area contributed by atoms with Gasteiger partial charge in [0.2, 0.25) is 5.91 Å². The van der Waals surface area contributed by atoms with Crippen LogP contribution in [-0.4, -0.2) is 11.1 Å². The Labute approximate surface area is 157 Å². The van der Waals surface area contributed by atoms with E-state index in [0.29, 0.717) is 11.6 Å². The van der Waals surface area contributed by atoms with E-state index in [0.717, 1.165) is 16.9 Å². The molecule has 4 heteroatoms. The van der Waals surface area contributed by atoms with Gasteiger partial charge in [-0.15, -0.1) is 0 Å². The first-order chi connectivity index (χ1) is 12.8. The van der Waals surface area contributed by atoms with Crippen molar-refractivity contribution in [1.82, 2.24) is 0 Å². The molecule has 0 radical (unpaired) electrons. The van der Waals surface area contributed by atoms with Gasteiger partial charge in [-0.05, 0) is 29.8 Å². The Morgan fingerprint density at radius 3 is 2.04 bits per heavy atom. The maximum atomic E-state index is 13.0. The molecule has 1 fully saturated rings. The summed E-state index contributed by atoms with van der Waals surface area (Å²) in [6.45, 7) is 0. The number of hydrogen-bond donors (Lipinski definition) is 0. The van der Waals surface area contributed by atoms with Crippen LogP contribution in [0.15, 0.2) is 96.0 Å². The molecule has 0 unspecified atom stereocenters. The maximum Gasteiger partial charge on any atom is 0.234 e. The number of amidine groups is 1. The highest BCUT2D eigenvalue weighted by Gasteiger charge is 2.33. The Balaban J connectivity index is 1.74. The zero-order chi connectivity index (χ0) is 17.8. The summed E-state index contributed by atoms with van der Waals surface area (Å²) in [5, 5.41) is 0.790. The van der Waals surface area contributed by atoms with Gasteiger partial charge in [-0.25, -0.2) is 4.99 Å². The molecule has 0 bridgehead atoms. The fraction of sp³-hybridized carbons (Fsp3) is 0.0909. The lowest BCUT2D eigenvalue weighted by molar-refractivity contribution is -0.117. The number of aliphatic imine (C=N–C) groups is 1. The molecule has 0 spiro atoms. The van der Waals surface area contributed by atoms with E-state index in [-0.39, 0.29) is 11.2 Å². The number of thioether (sulfide) groups is 1. The van der Waals surface area contributed by atoms with Gasteiger partial charge in [-0.2, -0.15) is 0 Å². The molecule has 128 valence electrons. The molecule has 0 aromatic heterocycles. The Hall–Kier alpha value is -2.85. The van der Waals surface area contributed by atoms with Crippen LogP contribution in [0.5, 0.6) is 0 Å². The lowest BCUT2D eigenvalue weighted by Crippen LogP contribution is -2.40. The standard InChI is InChI=1S/C22H18N2OS/c25-21-16-20(17-10-4-1-5-11-17)26-22(23-18-12-6-2-7-13-18)24(21)19-14-8-3-9-15-19/h1-15,20H,16H2/t20-/m0/s1. The van der Waals surface area contributed by atoms with E-state index in [9.17, 15) is 4.79 Å². The fourth-order valence-corrected chi connectivity index (χ4v) is 4.20. The smallest absolute Gasteiger partial charge is 0.234 e. The molecule has 4 rings (SSSR count). The van der Waals surface area contributed by atoms with Crippen molar-refractivity contribution < 1.29 is 4.79 Å². The van der Waals surface area contributed by atoms with Gasteiger partial charge >= 0.3 is 0 Å². The summed E-state index contributed by atoms with van der Waals surface area (Å²) in [7, 11) is 0. The number of hydrogen-bond acceptors (Lipinski definition) is 3. The van der Waals surface area contributed by atoms with E-state index in [1.807, 2.05) is 78.9 Å². The first kappa shape index (κ1) is 16.6. The Morgan fingerprint density at radius 2 is 1.38 bits per heavy atom. The summed E-state index contributed by atoms with van der Waals surface area (Å²) in [4.78, 5) is 19.5. The second-order valence-corrected chi connectivity index (χ2v) is 7.19. The predicted molar refractivity (Wildman–Crippen MR) is 109 cm³/mol. The van der Waals surface area contributed by atoms with Gasteiger partial charge in [0, 0.05) is 11.7 Å². The molecule has 3 nitrogen and oxygen atoms in total. The quantitative estimate of drug-likeness (QED) is 0.612. The summed E-state index contributed by atoms with van der Waals surface area (Å²) in [5.41, 5.74) is 2.85. The molecular weight excluding hydrogens is 340 g/mol. The van der Waals surface area contributed by atoms with E-state index in [4.69, 9.17) is 4.99 Å². The van der Waals surface area contributed by atoms with E-state index >= 15 is 0 Å². The van der Waals surface area contributed by atoms with Crippen molar-refractivity contribution in [2.24, 2.45) is 4.99 Å². The zero-order valence-corrected chi connectivity index (χ0v) is 15.0. The summed E-state index contributed by atoms with van der Waals surface area (Å²) in [6.07, 6.45) is 0.456. The van der Waals surface area contributed by atoms with Gasteiger partial charge in [-0.1, -0.05) is 78.5 Å². The van der Waals surface area contributed by atoms with Crippen LogP contribution in [0.25, 0.3) is 0 Å². The van der Waals surface area contributed by atoms with Crippen molar-refractivity contribution >= 4 is 34.2 Å². The molecule has 0 N–H and O–H groups in total. The SMILES string of the molecule is O=C1C[C@@H](c2ccccc2)SC(=Nc2ccccc2)N1c1ccccc1. The second-order valence-electron chi connectivity index (χ2n) is 6.02. The van der Waals surface area contributed by atoms with Crippen molar-refractivity contribution in [3.63, 3.8) is 0 Å². The summed E-state index contributed by atoms with van der Waals surface area (Å²) < 4.78 is 0. The molecule has 0 aliphatic carbocycles. The number of nitrogens with zero attached hydrogens (tertiary/aromatic N) is 2. The first-order valence-corrected chi connectivity index (χ1v) is 9.42. The number of para-hydroxylation sites is 2. The van der Waals surface area contributed by atoms with Crippen LogP contribution >= 0.6 is 11.8 Å². The van der Waals surface area contributed by atoms with Crippen LogP contribution in [0.1, 0.15) is 17.2 Å². The number of anilines is 1. The van der Waals surface area contributed by atoms with Gasteiger partial charge in [0.25, 0.3) is 0 Å². The predicted octanol–water partition coefficient (Wildman–Crippen LogP) is 5.59. The number of benzene rings is 3. The highest BCUT2D eigenvalue weighted by atomic mass is 32.2. The average molecular weight is 358 g/mol. The molecule has 1 amide bonds. The molecule has 1 saturated heterocycles. The number of carbonyl (C=O) groups is 1. The van der Waals surface area contributed by atoms with Crippen LogP contribution in [0.4, 0.5) is 11.4 Å². The topological polar surface area (TPSA) is 32.7 Å². The van der Waals surface area contributed by atoms with E-state index < -0.39 is 0 Å². The molecule has 3 aromatic carbocycles. The Kier molecular flexibility index (Phi) is 4.84. The van der Waals surface area contributed by atoms with Gasteiger partial charge < -0.3 is 0 Å². The van der Waals surface area contributed by atoms with Gasteiger partial charge in [0.15, 0.2) is 5.17 Å². The third-order valence-electron chi connectivity index (χ3n) is 4.22. The first-order valence-electron chi connectivity index (χ1n) is 8.54. The Morgan fingerprint density at radius 1 is 0.808 bits per heavy atom. The zero-order valence-electron chi connectivity index (χ0n) is 14.2. The molecule has 1 aliphatic heterocycles. The largest absolute Gasteiger partial charge is 0.274 e. The molecule has 1 heterocycles. The summed E-state index contributed by atoms with van der Waals surface area (Å²) in [5.74, 6) is 0.0680.